The number of rotatable bonds is 5. The Morgan fingerprint density at radius 2 is 2.44 bits per heavy atom. The second-order valence-corrected chi connectivity index (χ2v) is 7.08. The molecule has 1 N–H and O–H groups in total. The molecule has 7 heteroatoms. The van der Waals surface area contributed by atoms with E-state index in [9.17, 15) is 8.42 Å². The van der Waals surface area contributed by atoms with Crippen LogP contribution < -0.4 is 4.72 Å². The monoisotopic (exact) mass is 288 g/mol. The van der Waals surface area contributed by atoms with Gasteiger partial charge in [-0.25, -0.2) is 13.1 Å². The zero-order valence-corrected chi connectivity index (χ0v) is 11.8. The number of thioether (sulfide) groups is 1. The Balaban J connectivity index is 2.06. The Kier molecular flexibility index (Phi) is 4.26. The maximum Gasteiger partial charge on any atom is 0.242 e. The summed E-state index contributed by atoms with van der Waals surface area (Å²) in [6.07, 6.45) is 3.75. The minimum atomic E-state index is -3.50. The molecule has 0 aliphatic carbocycles. The average Bonchev–Trinajstić information content (AvgIpc) is 2.87. The summed E-state index contributed by atoms with van der Waals surface area (Å²) in [6, 6.07) is 3.13. The van der Waals surface area contributed by atoms with Crippen LogP contribution in [-0.4, -0.2) is 44.2 Å². The molecule has 18 heavy (non-hydrogen) atoms. The highest BCUT2D eigenvalue weighted by molar-refractivity contribution is 7.99. The lowest BCUT2D eigenvalue weighted by atomic mass is 10.0. The van der Waals surface area contributed by atoms with Crippen LogP contribution in [0.2, 0.25) is 0 Å². The minimum Gasteiger partial charge on any atom is -0.376 e. The van der Waals surface area contributed by atoms with Crippen molar-refractivity contribution in [2.24, 2.45) is 0 Å². The number of methoxy groups -OCH3 is 1. The summed E-state index contributed by atoms with van der Waals surface area (Å²) in [7, 11) is -1.87. The molecule has 0 saturated carbocycles. The van der Waals surface area contributed by atoms with E-state index in [0.717, 1.165) is 17.9 Å². The van der Waals surface area contributed by atoms with Crippen LogP contribution in [0.15, 0.2) is 29.4 Å². The Hall–Kier alpha value is -0.630. The largest absolute Gasteiger partial charge is 0.376 e. The van der Waals surface area contributed by atoms with E-state index in [4.69, 9.17) is 4.74 Å². The predicted octanol–water partition coefficient (Wildman–Crippen LogP) is 0.882. The molecule has 0 radical (unpaired) electrons. The molecule has 5 nitrogen and oxygen atoms in total. The van der Waals surface area contributed by atoms with Crippen LogP contribution in [0.25, 0.3) is 0 Å². The van der Waals surface area contributed by atoms with Gasteiger partial charge in [-0.3, -0.25) is 4.98 Å². The van der Waals surface area contributed by atoms with E-state index >= 15 is 0 Å². The van der Waals surface area contributed by atoms with Gasteiger partial charge in [-0.2, -0.15) is 11.8 Å². The number of nitrogens with zero attached hydrogens (tertiary/aromatic N) is 1. The lowest BCUT2D eigenvalue weighted by molar-refractivity contribution is 0.0179. The van der Waals surface area contributed by atoms with Crippen LogP contribution in [0.1, 0.15) is 6.42 Å². The third-order valence-corrected chi connectivity index (χ3v) is 5.64. The zero-order chi connectivity index (χ0) is 13.1. The molecule has 2 rings (SSSR count). The average molecular weight is 288 g/mol. The van der Waals surface area contributed by atoms with Gasteiger partial charge in [0.2, 0.25) is 10.0 Å². The molecule has 0 aromatic carbocycles. The van der Waals surface area contributed by atoms with Crippen LogP contribution in [0.3, 0.4) is 0 Å². The minimum absolute atomic E-state index is 0.182. The second-order valence-electron chi connectivity index (χ2n) is 4.20. The highest BCUT2D eigenvalue weighted by Crippen LogP contribution is 2.30. The van der Waals surface area contributed by atoms with Gasteiger partial charge in [-0.15, -0.1) is 0 Å². The fourth-order valence-electron chi connectivity index (χ4n) is 1.78. The van der Waals surface area contributed by atoms with Gasteiger partial charge in [0, 0.05) is 31.8 Å². The van der Waals surface area contributed by atoms with E-state index in [-0.39, 0.29) is 10.5 Å². The maximum atomic E-state index is 12.0. The third kappa shape index (κ3) is 3.03. The number of aromatic nitrogens is 1. The van der Waals surface area contributed by atoms with Gasteiger partial charge < -0.3 is 4.74 Å². The first-order chi connectivity index (χ1) is 8.58. The van der Waals surface area contributed by atoms with Crippen molar-refractivity contribution in [2.45, 2.75) is 16.9 Å². The van der Waals surface area contributed by atoms with E-state index < -0.39 is 10.0 Å². The lowest BCUT2D eigenvalue weighted by Crippen LogP contribution is -2.44. The van der Waals surface area contributed by atoms with Gasteiger partial charge in [0.05, 0.1) is 5.60 Å². The lowest BCUT2D eigenvalue weighted by Gasteiger charge is -2.26. The number of ether oxygens (including phenoxy) is 1. The molecule has 1 unspecified atom stereocenters. The van der Waals surface area contributed by atoms with E-state index in [1.165, 1.54) is 12.3 Å². The fraction of sp³-hybridized carbons (Fsp3) is 0.545. The fourth-order valence-corrected chi connectivity index (χ4v) is 4.25. The molecule has 2 heterocycles. The summed E-state index contributed by atoms with van der Waals surface area (Å²) in [5, 5.41) is 0. The van der Waals surface area contributed by atoms with Crippen LogP contribution in [0.5, 0.6) is 0 Å². The Morgan fingerprint density at radius 1 is 1.61 bits per heavy atom. The topological polar surface area (TPSA) is 68.3 Å². The smallest absolute Gasteiger partial charge is 0.242 e. The van der Waals surface area contributed by atoms with Crippen LogP contribution in [0, 0.1) is 0 Å². The van der Waals surface area contributed by atoms with Crippen molar-refractivity contribution in [3.8, 4) is 0 Å². The summed E-state index contributed by atoms with van der Waals surface area (Å²) >= 11 is 1.78. The van der Waals surface area contributed by atoms with Gasteiger partial charge in [-0.05, 0) is 24.3 Å². The van der Waals surface area contributed by atoms with Crippen molar-refractivity contribution < 1.29 is 13.2 Å². The van der Waals surface area contributed by atoms with Crippen molar-refractivity contribution in [3.05, 3.63) is 24.5 Å². The Morgan fingerprint density at radius 3 is 3.00 bits per heavy atom. The van der Waals surface area contributed by atoms with Gasteiger partial charge in [0.15, 0.2) is 0 Å². The number of sulfonamides is 1. The molecule has 1 atom stereocenters. The predicted molar refractivity (Wildman–Crippen MR) is 71.1 cm³/mol. The van der Waals surface area contributed by atoms with Crippen LogP contribution in [0.4, 0.5) is 0 Å². The number of hydrogen-bond donors (Lipinski definition) is 1. The van der Waals surface area contributed by atoms with Gasteiger partial charge >= 0.3 is 0 Å². The molecule has 1 aromatic rings. The summed E-state index contributed by atoms with van der Waals surface area (Å²) in [5.41, 5.74) is -0.375. The molecule has 0 spiro atoms. The van der Waals surface area contributed by atoms with Crippen molar-refractivity contribution in [3.63, 3.8) is 0 Å². The van der Waals surface area contributed by atoms with E-state index in [0.29, 0.717) is 6.54 Å². The summed E-state index contributed by atoms with van der Waals surface area (Å²) < 4.78 is 32.1. The molecule has 100 valence electrons. The van der Waals surface area contributed by atoms with E-state index in [1.54, 1.807) is 31.1 Å². The highest BCUT2D eigenvalue weighted by Gasteiger charge is 2.35. The van der Waals surface area contributed by atoms with Gasteiger partial charge in [-0.1, -0.05) is 0 Å². The summed E-state index contributed by atoms with van der Waals surface area (Å²) in [6.45, 7) is 0.299. The van der Waals surface area contributed by atoms with Crippen molar-refractivity contribution in [1.82, 2.24) is 9.71 Å². The first-order valence-corrected chi connectivity index (χ1v) is 8.24. The zero-order valence-electron chi connectivity index (χ0n) is 10.1. The van der Waals surface area contributed by atoms with Crippen LogP contribution in [-0.2, 0) is 14.8 Å². The summed E-state index contributed by atoms with van der Waals surface area (Å²) in [5.74, 6) is 1.82. The second kappa shape index (κ2) is 5.56. The summed E-state index contributed by atoms with van der Waals surface area (Å²) in [4.78, 5) is 4.00. The van der Waals surface area contributed by atoms with Crippen molar-refractivity contribution in [2.75, 3.05) is 25.2 Å². The number of pyridine rings is 1. The third-order valence-electron chi connectivity index (χ3n) is 3.03. The van der Waals surface area contributed by atoms with E-state index in [1.807, 2.05) is 0 Å². The normalized spacial score (nSPS) is 24.3. The number of hydrogen-bond acceptors (Lipinski definition) is 5. The first kappa shape index (κ1) is 13.8. The Labute approximate surface area is 111 Å². The van der Waals surface area contributed by atoms with Gasteiger partial charge in [0.25, 0.3) is 0 Å². The standard InChI is InChI=1S/C11H16N2O3S2/c1-16-11(4-6-17-9-11)8-13-18(14,15)10-3-2-5-12-7-10/h2-3,5,7,13H,4,6,8-9H2,1H3. The quantitative estimate of drug-likeness (QED) is 0.871. The molecule has 1 aliphatic rings. The molecule has 0 bridgehead atoms. The highest BCUT2D eigenvalue weighted by atomic mass is 32.2. The molecule has 1 aromatic heterocycles. The first-order valence-electron chi connectivity index (χ1n) is 5.61. The molecular weight excluding hydrogens is 272 g/mol. The van der Waals surface area contributed by atoms with Crippen LogP contribution >= 0.6 is 11.8 Å². The van der Waals surface area contributed by atoms with Crippen molar-refractivity contribution in [1.29, 1.82) is 0 Å². The SMILES string of the molecule is COC1(CNS(=O)(=O)c2cccnc2)CCSC1. The number of nitrogens with one attached hydrogen (secondary N) is 1. The van der Waals surface area contributed by atoms with E-state index in [2.05, 4.69) is 9.71 Å². The Bertz CT molecular complexity index is 484. The maximum absolute atomic E-state index is 12.0. The molecule has 1 aliphatic heterocycles. The van der Waals surface area contributed by atoms with Crippen molar-refractivity contribution >= 4 is 21.8 Å². The molecular formula is C11H16N2O3S2. The molecule has 1 saturated heterocycles. The van der Waals surface area contributed by atoms with Gasteiger partial charge in [0.1, 0.15) is 4.90 Å². The molecule has 0 amide bonds. The molecule has 1 fully saturated rings.